The van der Waals surface area contributed by atoms with Crippen molar-refractivity contribution in [3.63, 3.8) is 0 Å². The zero-order valence-electron chi connectivity index (χ0n) is 15.1. The molecule has 0 bridgehead atoms. The fraction of sp³-hybridized carbons (Fsp3) is 0.316. The Morgan fingerprint density at radius 3 is 2.24 bits per heavy atom. The summed E-state index contributed by atoms with van der Waals surface area (Å²) in [5.41, 5.74) is 3.62. The Labute approximate surface area is 149 Å². The lowest BCUT2D eigenvalue weighted by Gasteiger charge is -2.16. The van der Waals surface area contributed by atoms with Crippen LogP contribution in [-0.4, -0.2) is 21.0 Å². The number of sulfonamides is 1. The second kappa shape index (κ2) is 7.27. The molecule has 134 valence electrons. The van der Waals surface area contributed by atoms with Gasteiger partial charge in [0, 0.05) is 0 Å². The van der Waals surface area contributed by atoms with Crippen molar-refractivity contribution < 1.29 is 17.9 Å². The van der Waals surface area contributed by atoms with Crippen LogP contribution in [0.2, 0.25) is 0 Å². The fourth-order valence-corrected chi connectivity index (χ4v) is 4.54. The van der Waals surface area contributed by atoms with Crippen molar-refractivity contribution >= 4 is 21.7 Å². The zero-order chi connectivity index (χ0) is 18.8. The summed E-state index contributed by atoms with van der Waals surface area (Å²) in [6.07, 6.45) is 0. The molecule has 6 heteroatoms. The Hall–Kier alpha value is -2.34. The third-order valence-corrected chi connectivity index (χ3v) is 5.62. The van der Waals surface area contributed by atoms with Crippen LogP contribution in [0, 0.1) is 27.7 Å². The third kappa shape index (κ3) is 4.02. The molecule has 0 amide bonds. The molecule has 1 N–H and O–H groups in total. The van der Waals surface area contributed by atoms with Crippen LogP contribution in [0.25, 0.3) is 0 Å². The van der Waals surface area contributed by atoms with Gasteiger partial charge in [0.15, 0.2) is 0 Å². The average molecular weight is 361 g/mol. The van der Waals surface area contributed by atoms with Crippen molar-refractivity contribution in [3.05, 3.63) is 58.1 Å². The van der Waals surface area contributed by atoms with Crippen LogP contribution >= 0.6 is 0 Å². The number of rotatable bonds is 5. The van der Waals surface area contributed by atoms with E-state index in [9.17, 15) is 13.2 Å². The topological polar surface area (TPSA) is 72.5 Å². The Morgan fingerprint density at radius 1 is 1.08 bits per heavy atom. The van der Waals surface area contributed by atoms with E-state index in [1.54, 1.807) is 45.9 Å². The quantitative estimate of drug-likeness (QED) is 0.820. The highest BCUT2D eigenvalue weighted by atomic mass is 32.2. The largest absolute Gasteiger partial charge is 0.462 e. The van der Waals surface area contributed by atoms with Crippen molar-refractivity contribution in [2.75, 3.05) is 11.3 Å². The van der Waals surface area contributed by atoms with E-state index in [0.29, 0.717) is 27.9 Å². The molecule has 0 fully saturated rings. The molecule has 0 saturated carbocycles. The number of carbonyl (C=O) groups is 1. The van der Waals surface area contributed by atoms with Crippen molar-refractivity contribution in [1.82, 2.24) is 0 Å². The molecule has 25 heavy (non-hydrogen) atoms. The minimum absolute atomic E-state index is 0.260. The molecule has 2 aromatic rings. The molecule has 0 unspecified atom stereocenters. The second-order valence-corrected chi connectivity index (χ2v) is 7.65. The van der Waals surface area contributed by atoms with Crippen LogP contribution in [-0.2, 0) is 14.8 Å². The van der Waals surface area contributed by atoms with Crippen molar-refractivity contribution in [2.24, 2.45) is 0 Å². The molecule has 0 atom stereocenters. The molecular formula is C19H23NO4S. The summed E-state index contributed by atoms with van der Waals surface area (Å²) in [6, 6.07) is 8.56. The van der Waals surface area contributed by atoms with Crippen LogP contribution in [0.1, 0.15) is 39.5 Å². The highest BCUT2D eigenvalue weighted by Gasteiger charge is 2.22. The first kappa shape index (κ1) is 19.0. The summed E-state index contributed by atoms with van der Waals surface area (Å²) in [5.74, 6) is -0.469. The molecule has 0 radical (unpaired) electrons. The number of anilines is 1. The number of esters is 1. The molecule has 0 spiro atoms. The van der Waals surface area contributed by atoms with Crippen molar-refractivity contribution in [3.8, 4) is 0 Å². The number of aryl methyl sites for hydroxylation is 3. The van der Waals surface area contributed by atoms with E-state index in [4.69, 9.17) is 4.74 Å². The van der Waals surface area contributed by atoms with Gasteiger partial charge in [-0.05, 0) is 63.4 Å². The number of hydrogen-bond donors (Lipinski definition) is 1. The zero-order valence-corrected chi connectivity index (χ0v) is 16.0. The summed E-state index contributed by atoms with van der Waals surface area (Å²) >= 11 is 0. The van der Waals surface area contributed by atoms with Gasteiger partial charge in [-0.2, -0.15) is 0 Å². The van der Waals surface area contributed by atoms with E-state index >= 15 is 0 Å². The van der Waals surface area contributed by atoms with E-state index in [0.717, 1.165) is 5.56 Å². The van der Waals surface area contributed by atoms with Gasteiger partial charge in [-0.15, -0.1) is 0 Å². The summed E-state index contributed by atoms with van der Waals surface area (Å²) in [5, 5.41) is 0. The Bertz CT molecular complexity index is 894. The predicted octanol–water partition coefficient (Wildman–Crippen LogP) is 3.90. The molecule has 5 nitrogen and oxygen atoms in total. The lowest BCUT2D eigenvalue weighted by atomic mass is 10.1. The Balaban J connectivity index is 2.46. The molecule has 0 aliphatic carbocycles. The number of benzene rings is 2. The van der Waals surface area contributed by atoms with E-state index in [2.05, 4.69) is 4.72 Å². The summed E-state index contributed by atoms with van der Waals surface area (Å²) < 4.78 is 33.4. The minimum Gasteiger partial charge on any atom is -0.462 e. The van der Waals surface area contributed by atoms with Gasteiger partial charge in [-0.25, -0.2) is 13.2 Å². The Morgan fingerprint density at radius 2 is 1.68 bits per heavy atom. The molecule has 2 rings (SSSR count). The molecule has 0 saturated heterocycles. The van der Waals surface area contributed by atoms with Crippen LogP contribution in [0.3, 0.4) is 0 Å². The van der Waals surface area contributed by atoms with Crippen LogP contribution in [0.4, 0.5) is 5.69 Å². The highest BCUT2D eigenvalue weighted by molar-refractivity contribution is 7.92. The van der Waals surface area contributed by atoms with Crippen molar-refractivity contribution in [2.45, 2.75) is 39.5 Å². The summed E-state index contributed by atoms with van der Waals surface area (Å²) in [6.45, 7) is 9.15. The molecule has 0 aliphatic rings. The molecule has 2 aromatic carbocycles. The van der Waals surface area contributed by atoms with Gasteiger partial charge in [-0.1, -0.05) is 23.8 Å². The lowest BCUT2D eigenvalue weighted by Crippen LogP contribution is -2.17. The SMILES string of the molecule is CCOC(=O)c1cccc(NS(=O)(=O)c2c(C)cc(C)cc2C)c1C. The maximum Gasteiger partial charge on any atom is 0.338 e. The first-order valence-corrected chi connectivity index (χ1v) is 9.53. The average Bonchev–Trinajstić information content (AvgIpc) is 2.47. The van der Waals surface area contributed by atoms with Gasteiger partial charge in [0.2, 0.25) is 0 Å². The molecule has 0 aliphatic heterocycles. The summed E-state index contributed by atoms with van der Waals surface area (Å²) in [4.78, 5) is 12.3. The smallest absolute Gasteiger partial charge is 0.338 e. The van der Waals surface area contributed by atoms with Gasteiger partial charge in [-0.3, -0.25) is 4.72 Å². The number of carbonyl (C=O) groups excluding carboxylic acids is 1. The first-order chi connectivity index (χ1) is 11.7. The minimum atomic E-state index is -3.77. The first-order valence-electron chi connectivity index (χ1n) is 8.04. The molecule has 0 aromatic heterocycles. The third-order valence-electron chi connectivity index (χ3n) is 3.95. The van der Waals surface area contributed by atoms with Gasteiger partial charge >= 0.3 is 5.97 Å². The maximum absolute atomic E-state index is 12.9. The van der Waals surface area contributed by atoms with E-state index < -0.39 is 16.0 Å². The van der Waals surface area contributed by atoms with Gasteiger partial charge in [0.05, 0.1) is 22.8 Å². The fourth-order valence-electron chi connectivity index (χ4n) is 2.96. The van der Waals surface area contributed by atoms with Gasteiger partial charge in [0.25, 0.3) is 10.0 Å². The Kier molecular flexibility index (Phi) is 5.52. The van der Waals surface area contributed by atoms with Crippen LogP contribution < -0.4 is 4.72 Å². The van der Waals surface area contributed by atoms with Gasteiger partial charge < -0.3 is 4.74 Å². The van der Waals surface area contributed by atoms with Crippen molar-refractivity contribution in [1.29, 1.82) is 0 Å². The number of ether oxygens (including phenoxy) is 1. The second-order valence-electron chi connectivity index (χ2n) is 6.03. The monoisotopic (exact) mass is 361 g/mol. The number of nitrogens with one attached hydrogen (secondary N) is 1. The summed E-state index contributed by atoms with van der Waals surface area (Å²) in [7, 11) is -3.77. The molecule has 0 heterocycles. The number of hydrogen-bond acceptors (Lipinski definition) is 4. The predicted molar refractivity (Wildman–Crippen MR) is 98.6 cm³/mol. The molecular weight excluding hydrogens is 338 g/mol. The van der Waals surface area contributed by atoms with E-state index in [1.165, 1.54) is 0 Å². The van der Waals surface area contributed by atoms with Gasteiger partial charge in [0.1, 0.15) is 0 Å². The van der Waals surface area contributed by atoms with E-state index in [-0.39, 0.29) is 11.5 Å². The maximum atomic E-state index is 12.9. The van der Waals surface area contributed by atoms with E-state index in [1.807, 2.05) is 19.1 Å². The van der Waals surface area contributed by atoms with Crippen LogP contribution in [0.15, 0.2) is 35.2 Å². The standard InChI is InChI=1S/C19H23NO4S/c1-6-24-19(21)16-8-7-9-17(15(16)5)20-25(22,23)18-13(3)10-12(2)11-14(18)4/h7-11,20H,6H2,1-5H3. The normalized spacial score (nSPS) is 11.2. The lowest BCUT2D eigenvalue weighted by molar-refractivity contribution is 0.0525. The van der Waals surface area contributed by atoms with Crippen LogP contribution in [0.5, 0.6) is 0 Å². The highest BCUT2D eigenvalue weighted by Crippen LogP contribution is 2.27.